The molecular weight excluding hydrogens is 328 g/mol. The van der Waals surface area contributed by atoms with Crippen molar-refractivity contribution in [1.82, 2.24) is 0 Å². The average molecular weight is 348 g/mol. The van der Waals surface area contributed by atoms with E-state index in [-0.39, 0.29) is 23.5 Å². The van der Waals surface area contributed by atoms with Gasteiger partial charge in [0.1, 0.15) is 11.5 Å². The van der Waals surface area contributed by atoms with Crippen molar-refractivity contribution < 1.29 is 28.5 Å². The number of ether oxygens (including phenoxy) is 3. The first-order chi connectivity index (χ1) is 11.9. The van der Waals surface area contributed by atoms with Crippen LogP contribution < -0.4 is 15.1 Å². The maximum Gasteiger partial charge on any atom is 0.343 e. The van der Waals surface area contributed by atoms with Crippen LogP contribution in [0, 0.1) is 6.92 Å². The number of aromatic hydroxyl groups is 1. The van der Waals surface area contributed by atoms with Crippen molar-refractivity contribution >= 4 is 5.97 Å². The SMILES string of the molecule is COC(=O)CC(c1ccc(OC)c(OC)c1)c1c(O)cc(C)oc1=O. The third-order valence-electron chi connectivity index (χ3n) is 3.85. The van der Waals surface area contributed by atoms with Gasteiger partial charge in [0, 0.05) is 12.0 Å². The molecule has 0 fully saturated rings. The maximum atomic E-state index is 12.3. The van der Waals surface area contributed by atoms with Gasteiger partial charge in [-0.15, -0.1) is 0 Å². The Labute approximate surface area is 144 Å². The van der Waals surface area contributed by atoms with E-state index in [4.69, 9.17) is 18.6 Å². The van der Waals surface area contributed by atoms with Gasteiger partial charge in [0.15, 0.2) is 11.5 Å². The van der Waals surface area contributed by atoms with Gasteiger partial charge in [0.2, 0.25) is 0 Å². The zero-order valence-electron chi connectivity index (χ0n) is 14.5. The summed E-state index contributed by atoms with van der Waals surface area (Å²) in [5.41, 5.74) is -0.140. The fourth-order valence-electron chi connectivity index (χ4n) is 2.63. The highest BCUT2D eigenvalue weighted by Gasteiger charge is 2.27. The second-order valence-electron chi connectivity index (χ2n) is 5.39. The molecule has 2 rings (SSSR count). The van der Waals surface area contributed by atoms with Gasteiger partial charge in [-0.05, 0) is 24.6 Å². The average Bonchev–Trinajstić information content (AvgIpc) is 2.59. The lowest BCUT2D eigenvalue weighted by Crippen LogP contribution is -2.18. The van der Waals surface area contributed by atoms with Crippen molar-refractivity contribution in [3.05, 3.63) is 51.6 Å². The molecule has 0 saturated carbocycles. The van der Waals surface area contributed by atoms with Crippen LogP contribution in [0.5, 0.6) is 17.2 Å². The minimum atomic E-state index is -0.760. The summed E-state index contributed by atoms with van der Waals surface area (Å²) in [6.45, 7) is 1.55. The Morgan fingerprint density at radius 3 is 2.40 bits per heavy atom. The van der Waals surface area contributed by atoms with E-state index in [0.717, 1.165) is 0 Å². The molecule has 0 spiro atoms. The zero-order chi connectivity index (χ0) is 18.6. The Balaban J connectivity index is 2.62. The van der Waals surface area contributed by atoms with Gasteiger partial charge in [-0.25, -0.2) is 4.79 Å². The summed E-state index contributed by atoms with van der Waals surface area (Å²) in [4.78, 5) is 24.1. The summed E-state index contributed by atoms with van der Waals surface area (Å²) in [5, 5.41) is 10.2. The number of methoxy groups -OCH3 is 3. The van der Waals surface area contributed by atoms with E-state index < -0.39 is 17.5 Å². The van der Waals surface area contributed by atoms with Crippen LogP contribution in [0.2, 0.25) is 0 Å². The number of carbonyl (C=O) groups excluding carboxylic acids is 1. The van der Waals surface area contributed by atoms with Gasteiger partial charge in [-0.2, -0.15) is 0 Å². The first-order valence-electron chi connectivity index (χ1n) is 7.53. The Morgan fingerprint density at radius 1 is 1.16 bits per heavy atom. The highest BCUT2D eigenvalue weighted by atomic mass is 16.5. The van der Waals surface area contributed by atoms with Gasteiger partial charge in [0.25, 0.3) is 0 Å². The highest BCUT2D eigenvalue weighted by Crippen LogP contribution is 2.37. The number of rotatable bonds is 6. The van der Waals surface area contributed by atoms with Gasteiger partial charge in [0.05, 0.1) is 33.3 Å². The molecule has 134 valence electrons. The van der Waals surface area contributed by atoms with Crippen LogP contribution in [0.25, 0.3) is 0 Å². The van der Waals surface area contributed by atoms with Crippen LogP contribution in [0.15, 0.2) is 33.5 Å². The molecule has 1 aromatic heterocycles. The first-order valence-corrected chi connectivity index (χ1v) is 7.53. The quantitative estimate of drug-likeness (QED) is 0.801. The monoisotopic (exact) mass is 348 g/mol. The van der Waals surface area contributed by atoms with Crippen molar-refractivity contribution in [3.8, 4) is 17.2 Å². The van der Waals surface area contributed by atoms with E-state index in [2.05, 4.69) is 0 Å². The molecule has 1 unspecified atom stereocenters. The van der Waals surface area contributed by atoms with Crippen LogP contribution in [0.3, 0.4) is 0 Å². The van der Waals surface area contributed by atoms with Crippen molar-refractivity contribution in [3.63, 3.8) is 0 Å². The number of esters is 1. The van der Waals surface area contributed by atoms with Gasteiger partial charge < -0.3 is 23.7 Å². The lowest BCUT2D eigenvalue weighted by atomic mass is 9.88. The Morgan fingerprint density at radius 2 is 1.84 bits per heavy atom. The predicted octanol–water partition coefficient (Wildman–Crippen LogP) is 2.37. The number of aryl methyl sites for hydroxylation is 1. The van der Waals surface area contributed by atoms with Crippen LogP contribution >= 0.6 is 0 Å². The van der Waals surface area contributed by atoms with Gasteiger partial charge in [-0.1, -0.05) is 6.07 Å². The van der Waals surface area contributed by atoms with Crippen LogP contribution in [0.4, 0.5) is 0 Å². The second-order valence-corrected chi connectivity index (χ2v) is 5.39. The first kappa shape index (κ1) is 18.4. The standard InChI is InChI=1S/C18H20O7/c1-10-7-13(19)17(18(21)25-10)12(9-16(20)24-4)11-5-6-14(22-2)15(8-11)23-3/h5-8,12,19H,9H2,1-4H3. The number of benzene rings is 1. The molecule has 25 heavy (non-hydrogen) atoms. The molecule has 0 aliphatic carbocycles. The topological polar surface area (TPSA) is 95.2 Å². The lowest BCUT2D eigenvalue weighted by molar-refractivity contribution is -0.140. The molecule has 2 aromatic rings. The smallest absolute Gasteiger partial charge is 0.343 e. The molecule has 0 aliphatic rings. The molecule has 0 saturated heterocycles. The highest BCUT2D eigenvalue weighted by molar-refractivity contribution is 5.71. The fourth-order valence-corrected chi connectivity index (χ4v) is 2.63. The molecule has 1 heterocycles. The largest absolute Gasteiger partial charge is 0.507 e. The summed E-state index contributed by atoms with van der Waals surface area (Å²) in [7, 11) is 4.24. The zero-order valence-corrected chi connectivity index (χ0v) is 14.5. The van der Waals surface area contributed by atoms with Crippen molar-refractivity contribution in [2.24, 2.45) is 0 Å². The summed E-state index contributed by atoms with van der Waals surface area (Å²) in [5.74, 6) is -0.315. The van der Waals surface area contributed by atoms with E-state index in [1.54, 1.807) is 25.1 Å². The summed E-state index contributed by atoms with van der Waals surface area (Å²) < 4.78 is 20.3. The van der Waals surface area contributed by atoms with E-state index >= 15 is 0 Å². The molecule has 0 bridgehead atoms. The van der Waals surface area contributed by atoms with E-state index in [0.29, 0.717) is 17.1 Å². The molecule has 1 atom stereocenters. The van der Waals surface area contributed by atoms with Gasteiger partial charge >= 0.3 is 11.6 Å². The van der Waals surface area contributed by atoms with Crippen molar-refractivity contribution in [2.45, 2.75) is 19.3 Å². The molecule has 0 amide bonds. The van der Waals surface area contributed by atoms with E-state index in [1.165, 1.54) is 27.4 Å². The molecular formula is C18H20O7. The van der Waals surface area contributed by atoms with E-state index in [1.807, 2.05) is 0 Å². The number of hydrogen-bond donors (Lipinski definition) is 1. The van der Waals surface area contributed by atoms with Crippen LogP contribution in [0.1, 0.15) is 29.2 Å². The normalized spacial score (nSPS) is 11.7. The molecule has 0 aliphatic heterocycles. The predicted molar refractivity (Wildman–Crippen MR) is 89.4 cm³/mol. The Kier molecular flexibility index (Phi) is 5.69. The summed E-state index contributed by atoms with van der Waals surface area (Å²) >= 11 is 0. The number of hydrogen-bond acceptors (Lipinski definition) is 7. The fraction of sp³-hybridized carbons (Fsp3) is 0.333. The molecule has 7 nitrogen and oxygen atoms in total. The van der Waals surface area contributed by atoms with Gasteiger partial charge in [-0.3, -0.25) is 4.79 Å². The van der Waals surface area contributed by atoms with Crippen LogP contribution in [-0.2, 0) is 9.53 Å². The third-order valence-corrected chi connectivity index (χ3v) is 3.85. The third kappa shape index (κ3) is 3.93. The lowest BCUT2D eigenvalue weighted by Gasteiger charge is -2.18. The van der Waals surface area contributed by atoms with Crippen molar-refractivity contribution in [2.75, 3.05) is 21.3 Å². The molecule has 1 N–H and O–H groups in total. The Hall–Kier alpha value is -2.96. The molecule has 0 radical (unpaired) electrons. The molecule has 1 aromatic carbocycles. The van der Waals surface area contributed by atoms with E-state index in [9.17, 15) is 14.7 Å². The van der Waals surface area contributed by atoms with Crippen molar-refractivity contribution in [1.29, 1.82) is 0 Å². The second kappa shape index (κ2) is 7.74. The molecule has 7 heteroatoms. The summed E-state index contributed by atoms with van der Waals surface area (Å²) in [6, 6.07) is 6.33. The maximum absolute atomic E-state index is 12.3. The summed E-state index contributed by atoms with van der Waals surface area (Å²) in [6.07, 6.45) is -0.145. The Bertz CT molecular complexity index is 823. The number of carbonyl (C=O) groups is 1. The van der Waals surface area contributed by atoms with Crippen LogP contribution in [-0.4, -0.2) is 32.4 Å². The minimum absolute atomic E-state index is 0.0109. The minimum Gasteiger partial charge on any atom is -0.507 e.